The summed E-state index contributed by atoms with van der Waals surface area (Å²) in [5.74, 6) is -1.75. The van der Waals surface area contributed by atoms with Crippen LogP contribution in [-0.2, 0) is 4.79 Å². The van der Waals surface area contributed by atoms with Gasteiger partial charge < -0.3 is 14.3 Å². The number of hydrogen-bond acceptors (Lipinski definition) is 6. The lowest BCUT2D eigenvalue weighted by Crippen LogP contribution is -2.31. The van der Waals surface area contributed by atoms with Gasteiger partial charge in [-0.1, -0.05) is 41.4 Å². The van der Waals surface area contributed by atoms with Crippen LogP contribution in [0, 0.1) is 18.3 Å². The fourth-order valence-electron chi connectivity index (χ4n) is 4.44. The van der Waals surface area contributed by atoms with Crippen LogP contribution in [-0.4, -0.2) is 23.9 Å². The largest absolute Gasteiger partial charge is 0.503 e. The van der Waals surface area contributed by atoms with Crippen LogP contribution >= 0.6 is 11.6 Å². The van der Waals surface area contributed by atoms with Crippen molar-refractivity contribution in [3.8, 4) is 11.8 Å². The highest BCUT2D eigenvalue weighted by Crippen LogP contribution is 2.43. The number of carbonyl (C=O) groups is 2. The number of halogens is 1. The van der Waals surface area contributed by atoms with Gasteiger partial charge in [0.2, 0.25) is 5.78 Å². The third kappa shape index (κ3) is 3.78. The number of amides is 1. The van der Waals surface area contributed by atoms with E-state index in [2.05, 4.69) is 0 Å². The van der Waals surface area contributed by atoms with E-state index in [1.54, 1.807) is 42.5 Å². The number of ketones is 1. The molecule has 0 aliphatic carbocycles. The van der Waals surface area contributed by atoms with Crippen molar-refractivity contribution in [2.24, 2.45) is 0 Å². The maximum atomic E-state index is 13.8. The van der Waals surface area contributed by atoms with Crippen molar-refractivity contribution in [2.45, 2.75) is 13.0 Å². The van der Waals surface area contributed by atoms with Crippen LogP contribution in [0.2, 0.25) is 5.02 Å². The molecule has 0 radical (unpaired) electrons. The Hall–Kier alpha value is -4.54. The molecule has 1 aromatic heterocycles. The van der Waals surface area contributed by atoms with Crippen molar-refractivity contribution in [2.75, 3.05) is 12.0 Å². The molecule has 1 N–H and O–H groups in total. The topological polar surface area (TPSA) is 104 Å². The zero-order valence-electron chi connectivity index (χ0n) is 19.3. The molecule has 8 heteroatoms. The van der Waals surface area contributed by atoms with Gasteiger partial charge in [0.1, 0.15) is 0 Å². The Balaban J connectivity index is 1.66. The number of Topliss-reactive ketones (excluding diaryl/α,β-unsaturated/α-hetero) is 1. The van der Waals surface area contributed by atoms with Crippen LogP contribution in [0.1, 0.15) is 33.3 Å². The van der Waals surface area contributed by atoms with E-state index in [0.29, 0.717) is 38.6 Å². The second-order valence-corrected chi connectivity index (χ2v) is 8.82. The summed E-state index contributed by atoms with van der Waals surface area (Å²) in [4.78, 5) is 28.5. The Morgan fingerprint density at radius 2 is 1.89 bits per heavy atom. The molecule has 178 valence electrons. The van der Waals surface area contributed by atoms with Gasteiger partial charge in [0.15, 0.2) is 22.9 Å². The number of aryl methyl sites for hydroxylation is 1. The van der Waals surface area contributed by atoms with Crippen molar-refractivity contribution in [1.82, 2.24) is 0 Å². The molecule has 1 amide bonds. The number of aliphatic hydroxyl groups excluding tert-OH is 1. The maximum Gasteiger partial charge on any atom is 0.294 e. The van der Waals surface area contributed by atoms with Crippen LogP contribution in [0.25, 0.3) is 11.0 Å². The SMILES string of the molecule is COc1cc(Cl)cc2cc(C(=O)C3=C(O)C(=O)N(c4ccc(C#N)cc4)C3c3cccc(C)c3)oc12. The van der Waals surface area contributed by atoms with Crippen molar-refractivity contribution in [3.05, 3.63) is 106 Å². The summed E-state index contributed by atoms with van der Waals surface area (Å²) in [5.41, 5.74) is 2.61. The predicted octanol–water partition coefficient (Wildman–Crippen LogP) is 6.06. The molecule has 2 heterocycles. The fraction of sp³-hybridized carbons (Fsp3) is 0.107. The van der Waals surface area contributed by atoms with Gasteiger partial charge >= 0.3 is 0 Å². The minimum Gasteiger partial charge on any atom is -0.503 e. The Kier molecular flexibility index (Phi) is 5.75. The molecule has 0 spiro atoms. The highest BCUT2D eigenvalue weighted by molar-refractivity contribution is 6.31. The Labute approximate surface area is 211 Å². The van der Waals surface area contributed by atoms with E-state index < -0.39 is 23.5 Å². The van der Waals surface area contributed by atoms with Gasteiger partial charge in [-0.3, -0.25) is 14.5 Å². The van der Waals surface area contributed by atoms with Crippen LogP contribution in [0.3, 0.4) is 0 Å². The number of hydrogen-bond donors (Lipinski definition) is 1. The molecule has 1 atom stereocenters. The van der Waals surface area contributed by atoms with E-state index in [-0.39, 0.29) is 11.3 Å². The average Bonchev–Trinajstić information content (AvgIpc) is 3.42. The van der Waals surface area contributed by atoms with Gasteiger partial charge in [-0.25, -0.2) is 0 Å². The summed E-state index contributed by atoms with van der Waals surface area (Å²) in [6, 6.07) is 19.5. The molecule has 3 aromatic carbocycles. The number of aliphatic hydroxyl groups is 1. The first-order valence-corrected chi connectivity index (χ1v) is 11.4. The highest BCUT2D eigenvalue weighted by atomic mass is 35.5. The van der Waals surface area contributed by atoms with E-state index in [0.717, 1.165) is 5.56 Å². The smallest absolute Gasteiger partial charge is 0.294 e. The fourth-order valence-corrected chi connectivity index (χ4v) is 4.65. The second-order valence-electron chi connectivity index (χ2n) is 8.38. The number of nitriles is 1. The van der Waals surface area contributed by atoms with Crippen LogP contribution < -0.4 is 9.64 Å². The van der Waals surface area contributed by atoms with Crippen molar-refractivity contribution in [1.29, 1.82) is 5.26 Å². The lowest BCUT2D eigenvalue weighted by Gasteiger charge is -2.27. The van der Waals surface area contributed by atoms with E-state index in [9.17, 15) is 14.7 Å². The number of benzene rings is 3. The molecule has 0 bridgehead atoms. The minimum absolute atomic E-state index is 0.0701. The lowest BCUT2D eigenvalue weighted by atomic mass is 9.93. The summed E-state index contributed by atoms with van der Waals surface area (Å²) in [6.45, 7) is 1.90. The summed E-state index contributed by atoms with van der Waals surface area (Å²) in [6.07, 6.45) is 0. The van der Waals surface area contributed by atoms with E-state index in [1.807, 2.05) is 31.2 Å². The van der Waals surface area contributed by atoms with Gasteiger partial charge in [-0.2, -0.15) is 5.26 Å². The van der Waals surface area contributed by atoms with Gasteiger partial charge in [0.25, 0.3) is 5.91 Å². The first-order valence-electron chi connectivity index (χ1n) is 11.0. The Morgan fingerprint density at radius 1 is 1.14 bits per heavy atom. The van der Waals surface area contributed by atoms with E-state index in [4.69, 9.17) is 26.0 Å². The molecule has 1 unspecified atom stereocenters. The summed E-state index contributed by atoms with van der Waals surface area (Å²) < 4.78 is 11.2. The number of carbonyl (C=O) groups excluding carboxylic acids is 2. The van der Waals surface area contributed by atoms with Gasteiger partial charge in [0, 0.05) is 22.2 Å². The predicted molar refractivity (Wildman–Crippen MR) is 134 cm³/mol. The first-order chi connectivity index (χ1) is 17.3. The number of rotatable bonds is 5. The van der Waals surface area contributed by atoms with Crippen LogP contribution in [0.4, 0.5) is 5.69 Å². The summed E-state index contributed by atoms with van der Waals surface area (Å²) >= 11 is 6.16. The number of ether oxygens (including phenoxy) is 1. The highest BCUT2D eigenvalue weighted by Gasteiger charge is 2.45. The standard InChI is InChI=1S/C28H19ClN2O5/c1-15-4-3-5-17(10-15)24-23(26(33)28(34)31(24)20-8-6-16(14-30)7-9-20)25(32)21-12-18-11-19(29)13-22(35-2)27(18)36-21/h3-13,24,33H,1-2H3. The molecule has 1 aliphatic rings. The minimum atomic E-state index is -0.920. The van der Waals surface area contributed by atoms with Crippen LogP contribution in [0.15, 0.2) is 82.5 Å². The second kappa shape index (κ2) is 8.91. The number of fused-ring (bicyclic) bond motifs is 1. The quantitative estimate of drug-likeness (QED) is 0.335. The number of methoxy groups -OCH3 is 1. The molecule has 0 saturated heterocycles. The zero-order chi connectivity index (χ0) is 25.6. The summed E-state index contributed by atoms with van der Waals surface area (Å²) in [7, 11) is 1.46. The molecular formula is C28H19ClN2O5. The normalized spacial score (nSPS) is 15.4. The molecule has 5 rings (SSSR count). The number of anilines is 1. The van der Waals surface area contributed by atoms with E-state index >= 15 is 0 Å². The van der Waals surface area contributed by atoms with Crippen molar-refractivity contribution < 1.29 is 23.8 Å². The molecule has 0 fully saturated rings. The third-order valence-electron chi connectivity index (χ3n) is 6.08. The monoisotopic (exact) mass is 498 g/mol. The summed E-state index contributed by atoms with van der Waals surface area (Å²) in [5, 5.41) is 21.1. The van der Waals surface area contributed by atoms with Crippen molar-refractivity contribution >= 4 is 39.9 Å². The number of nitrogens with zero attached hydrogens (tertiary/aromatic N) is 2. The molecule has 4 aromatic rings. The number of furan rings is 1. The lowest BCUT2D eigenvalue weighted by molar-refractivity contribution is -0.117. The van der Waals surface area contributed by atoms with Gasteiger partial charge in [-0.05, 0) is 48.9 Å². The molecule has 1 aliphatic heterocycles. The Morgan fingerprint density at radius 3 is 2.56 bits per heavy atom. The Bertz CT molecular complexity index is 1610. The molecule has 36 heavy (non-hydrogen) atoms. The van der Waals surface area contributed by atoms with E-state index in [1.165, 1.54) is 18.1 Å². The zero-order valence-corrected chi connectivity index (χ0v) is 20.0. The van der Waals surface area contributed by atoms with Crippen molar-refractivity contribution in [3.63, 3.8) is 0 Å². The molecule has 0 saturated carbocycles. The van der Waals surface area contributed by atoms with Gasteiger partial charge in [-0.15, -0.1) is 0 Å². The third-order valence-corrected chi connectivity index (χ3v) is 6.29. The maximum absolute atomic E-state index is 13.8. The average molecular weight is 499 g/mol. The molecule has 7 nitrogen and oxygen atoms in total. The molecular weight excluding hydrogens is 480 g/mol. The van der Waals surface area contributed by atoms with Gasteiger partial charge in [0.05, 0.1) is 30.4 Å². The van der Waals surface area contributed by atoms with Crippen LogP contribution in [0.5, 0.6) is 5.75 Å². The first kappa shape index (κ1) is 23.2.